The Hall–Kier alpha value is -2.15. The summed E-state index contributed by atoms with van der Waals surface area (Å²) in [6, 6.07) is 3.64. The van der Waals surface area contributed by atoms with Gasteiger partial charge in [0.1, 0.15) is 10.4 Å². The minimum absolute atomic E-state index is 0.115. The SMILES string of the molecule is CCN(CC(N)=O)C(=O)c1sc2cccnc2c1N. The number of carbonyl (C=O) groups excluding carboxylic acids is 2. The van der Waals surface area contributed by atoms with E-state index in [1.807, 2.05) is 6.07 Å². The van der Waals surface area contributed by atoms with Gasteiger partial charge in [-0.1, -0.05) is 0 Å². The number of thiophene rings is 1. The highest BCUT2D eigenvalue weighted by Gasteiger charge is 2.22. The van der Waals surface area contributed by atoms with Gasteiger partial charge in [0.15, 0.2) is 0 Å². The molecule has 0 aliphatic carbocycles. The molecule has 0 atom stereocenters. The van der Waals surface area contributed by atoms with Crippen molar-refractivity contribution < 1.29 is 9.59 Å². The first kappa shape index (κ1) is 13.3. The van der Waals surface area contributed by atoms with Crippen LogP contribution in [0.15, 0.2) is 18.3 Å². The van der Waals surface area contributed by atoms with Gasteiger partial charge in [-0.15, -0.1) is 11.3 Å². The second-order valence-electron chi connectivity index (χ2n) is 3.98. The molecule has 2 heterocycles. The van der Waals surface area contributed by atoms with Crippen LogP contribution in [0.4, 0.5) is 5.69 Å². The van der Waals surface area contributed by atoms with Gasteiger partial charge >= 0.3 is 0 Å². The number of pyridine rings is 1. The Kier molecular flexibility index (Phi) is 3.66. The summed E-state index contributed by atoms with van der Waals surface area (Å²) < 4.78 is 0.846. The van der Waals surface area contributed by atoms with Crippen LogP contribution < -0.4 is 11.5 Å². The smallest absolute Gasteiger partial charge is 0.266 e. The van der Waals surface area contributed by atoms with E-state index in [1.54, 1.807) is 19.2 Å². The molecule has 0 saturated carbocycles. The van der Waals surface area contributed by atoms with Gasteiger partial charge in [-0.05, 0) is 19.1 Å². The van der Waals surface area contributed by atoms with E-state index >= 15 is 0 Å². The lowest BCUT2D eigenvalue weighted by Gasteiger charge is -2.18. The van der Waals surface area contributed by atoms with Gasteiger partial charge in [-0.3, -0.25) is 14.6 Å². The second kappa shape index (κ2) is 5.23. The number of nitrogen functional groups attached to an aromatic ring is 1. The van der Waals surface area contributed by atoms with Gasteiger partial charge in [0.25, 0.3) is 5.91 Å². The molecule has 0 fully saturated rings. The fourth-order valence-corrected chi connectivity index (χ4v) is 2.81. The molecule has 0 spiro atoms. The normalized spacial score (nSPS) is 10.6. The molecule has 0 radical (unpaired) electrons. The average Bonchev–Trinajstić information content (AvgIpc) is 2.73. The quantitative estimate of drug-likeness (QED) is 0.864. The first-order valence-electron chi connectivity index (χ1n) is 5.75. The number of aromatic nitrogens is 1. The number of nitrogens with zero attached hydrogens (tertiary/aromatic N) is 2. The molecule has 2 aromatic rings. The monoisotopic (exact) mass is 278 g/mol. The number of amides is 2. The number of fused-ring (bicyclic) bond motifs is 1. The summed E-state index contributed by atoms with van der Waals surface area (Å²) in [7, 11) is 0. The molecule has 4 N–H and O–H groups in total. The third kappa shape index (κ3) is 2.50. The zero-order valence-corrected chi connectivity index (χ0v) is 11.2. The van der Waals surface area contributed by atoms with Crippen molar-refractivity contribution in [3.8, 4) is 0 Å². The molecule has 0 unspecified atom stereocenters. The number of likely N-dealkylation sites (N-methyl/N-ethyl adjacent to an activating group) is 1. The number of primary amides is 1. The largest absolute Gasteiger partial charge is 0.396 e. The van der Waals surface area contributed by atoms with Crippen LogP contribution in [0.2, 0.25) is 0 Å². The number of carbonyl (C=O) groups is 2. The van der Waals surface area contributed by atoms with Crippen LogP contribution in [0.25, 0.3) is 10.2 Å². The molecule has 2 rings (SSSR count). The molecule has 0 saturated heterocycles. The number of nitrogens with two attached hydrogens (primary N) is 2. The van der Waals surface area contributed by atoms with Crippen LogP contribution in [0.3, 0.4) is 0 Å². The molecule has 0 aromatic carbocycles. The lowest BCUT2D eigenvalue weighted by Crippen LogP contribution is -2.38. The molecule has 0 aliphatic heterocycles. The number of hydrogen-bond acceptors (Lipinski definition) is 5. The van der Waals surface area contributed by atoms with Gasteiger partial charge in [0.2, 0.25) is 5.91 Å². The van der Waals surface area contributed by atoms with Crippen molar-refractivity contribution in [2.24, 2.45) is 5.73 Å². The molecule has 6 nitrogen and oxygen atoms in total. The summed E-state index contributed by atoms with van der Waals surface area (Å²) in [4.78, 5) is 29.2. The predicted octanol–water partition coefficient (Wildman–Crippen LogP) is 0.826. The van der Waals surface area contributed by atoms with Crippen LogP contribution in [-0.4, -0.2) is 34.8 Å². The predicted molar refractivity (Wildman–Crippen MR) is 74.8 cm³/mol. The third-order valence-corrected chi connectivity index (χ3v) is 3.84. The highest BCUT2D eigenvalue weighted by atomic mass is 32.1. The summed E-state index contributed by atoms with van der Waals surface area (Å²) >= 11 is 1.27. The summed E-state index contributed by atoms with van der Waals surface area (Å²) in [6.45, 7) is 2.06. The fourth-order valence-electron chi connectivity index (χ4n) is 1.77. The Bertz CT molecular complexity index is 638. The Morgan fingerprint density at radius 1 is 1.47 bits per heavy atom. The Balaban J connectivity index is 2.40. The highest BCUT2D eigenvalue weighted by molar-refractivity contribution is 7.21. The molecular weight excluding hydrogens is 264 g/mol. The number of hydrogen-bond donors (Lipinski definition) is 2. The van der Waals surface area contributed by atoms with Gasteiger partial charge in [-0.25, -0.2) is 0 Å². The molecule has 100 valence electrons. The molecule has 2 amide bonds. The van der Waals surface area contributed by atoms with Crippen LogP contribution in [0.1, 0.15) is 16.6 Å². The van der Waals surface area contributed by atoms with E-state index in [-0.39, 0.29) is 12.5 Å². The van der Waals surface area contributed by atoms with Crippen molar-refractivity contribution in [1.82, 2.24) is 9.88 Å². The third-order valence-electron chi connectivity index (χ3n) is 2.69. The highest BCUT2D eigenvalue weighted by Crippen LogP contribution is 2.32. The summed E-state index contributed by atoms with van der Waals surface area (Å²) in [5.74, 6) is -0.838. The molecule has 2 aromatic heterocycles. The van der Waals surface area contributed by atoms with Crippen molar-refractivity contribution in [3.63, 3.8) is 0 Å². The summed E-state index contributed by atoms with van der Waals surface area (Å²) in [6.07, 6.45) is 1.63. The maximum Gasteiger partial charge on any atom is 0.266 e. The Morgan fingerprint density at radius 3 is 2.79 bits per heavy atom. The van der Waals surface area contributed by atoms with E-state index in [4.69, 9.17) is 11.5 Å². The second-order valence-corrected chi connectivity index (χ2v) is 5.03. The summed E-state index contributed by atoms with van der Waals surface area (Å²) in [5.41, 5.74) is 12.0. The van der Waals surface area contributed by atoms with E-state index < -0.39 is 5.91 Å². The Morgan fingerprint density at radius 2 is 2.21 bits per heavy atom. The number of rotatable bonds is 4. The van der Waals surface area contributed by atoms with Crippen molar-refractivity contribution in [2.45, 2.75) is 6.92 Å². The van der Waals surface area contributed by atoms with Crippen LogP contribution in [0, 0.1) is 0 Å². The zero-order chi connectivity index (χ0) is 14.0. The van der Waals surface area contributed by atoms with Gasteiger partial charge in [0.05, 0.1) is 16.9 Å². The van der Waals surface area contributed by atoms with Gasteiger partial charge in [-0.2, -0.15) is 0 Å². The fraction of sp³-hybridized carbons (Fsp3) is 0.250. The zero-order valence-electron chi connectivity index (χ0n) is 10.4. The van der Waals surface area contributed by atoms with Crippen LogP contribution >= 0.6 is 11.3 Å². The Labute approximate surface area is 114 Å². The molecule has 0 bridgehead atoms. The molecular formula is C12H14N4O2S. The van der Waals surface area contributed by atoms with E-state index in [0.29, 0.717) is 22.6 Å². The van der Waals surface area contributed by atoms with Crippen molar-refractivity contribution >= 4 is 39.1 Å². The maximum absolute atomic E-state index is 12.3. The van der Waals surface area contributed by atoms with Gasteiger partial charge < -0.3 is 16.4 Å². The molecule has 19 heavy (non-hydrogen) atoms. The van der Waals surface area contributed by atoms with E-state index in [9.17, 15) is 9.59 Å². The van der Waals surface area contributed by atoms with E-state index in [0.717, 1.165) is 4.70 Å². The minimum atomic E-state index is -0.548. The first-order valence-corrected chi connectivity index (χ1v) is 6.56. The first-order chi connectivity index (χ1) is 9.04. The topological polar surface area (TPSA) is 102 Å². The van der Waals surface area contributed by atoms with E-state index in [2.05, 4.69) is 4.98 Å². The maximum atomic E-state index is 12.3. The lowest BCUT2D eigenvalue weighted by molar-refractivity contribution is -0.118. The van der Waals surface area contributed by atoms with Gasteiger partial charge in [0, 0.05) is 12.7 Å². The average molecular weight is 278 g/mol. The lowest BCUT2D eigenvalue weighted by atomic mass is 10.3. The summed E-state index contributed by atoms with van der Waals surface area (Å²) in [5, 5.41) is 0. The van der Waals surface area contributed by atoms with Crippen molar-refractivity contribution in [3.05, 3.63) is 23.2 Å². The standard InChI is InChI=1S/C12H14N4O2S/c1-2-16(6-8(13)17)12(18)11-9(14)10-7(19-11)4-3-5-15-10/h3-5H,2,6,14H2,1H3,(H2,13,17). The molecule has 7 heteroatoms. The number of anilines is 1. The van der Waals surface area contributed by atoms with Crippen LogP contribution in [0.5, 0.6) is 0 Å². The minimum Gasteiger partial charge on any atom is -0.396 e. The van der Waals surface area contributed by atoms with Crippen molar-refractivity contribution in [1.29, 1.82) is 0 Å². The molecule has 0 aliphatic rings. The van der Waals surface area contributed by atoms with Crippen LogP contribution in [-0.2, 0) is 4.79 Å². The van der Waals surface area contributed by atoms with E-state index in [1.165, 1.54) is 16.2 Å². The van der Waals surface area contributed by atoms with Crippen molar-refractivity contribution in [2.75, 3.05) is 18.8 Å².